The Morgan fingerprint density at radius 1 is 1.38 bits per heavy atom. The van der Waals surface area contributed by atoms with Crippen molar-refractivity contribution >= 4 is 23.5 Å². The Balaban J connectivity index is 2.77. The summed E-state index contributed by atoms with van der Waals surface area (Å²) in [5.41, 5.74) is 2.02. The van der Waals surface area contributed by atoms with Crippen LogP contribution >= 0.6 is 12.6 Å². The van der Waals surface area contributed by atoms with Gasteiger partial charge in [-0.1, -0.05) is 0 Å². The summed E-state index contributed by atoms with van der Waals surface area (Å²) in [6.07, 6.45) is 0. The quantitative estimate of drug-likeness (QED) is 0.668. The second kappa shape index (κ2) is 3.07. The van der Waals surface area contributed by atoms with Crippen molar-refractivity contribution in [2.24, 2.45) is 7.05 Å². The zero-order valence-electron chi connectivity index (χ0n) is 7.29. The van der Waals surface area contributed by atoms with Crippen molar-refractivity contribution in [3.63, 3.8) is 0 Å². The zero-order chi connectivity index (χ0) is 9.42. The van der Waals surface area contributed by atoms with Gasteiger partial charge in [0.1, 0.15) is 5.82 Å². The van der Waals surface area contributed by atoms with E-state index in [1.54, 1.807) is 12.1 Å². The Kier molecular flexibility index (Phi) is 2.04. The average Bonchev–Trinajstić information content (AvgIpc) is 2.44. The van der Waals surface area contributed by atoms with Crippen LogP contribution in [0.4, 0.5) is 4.39 Å². The number of fused-ring (bicyclic) bond motifs is 1. The lowest BCUT2D eigenvalue weighted by molar-refractivity contribution is 0.629. The highest BCUT2D eigenvalue weighted by molar-refractivity contribution is 7.79. The van der Waals surface area contributed by atoms with Gasteiger partial charge in [0.2, 0.25) is 0 Å². The van der Waals surface area contributed by atoms with Crippen molar-refractivity contribution in [1.29, 1.82) is 0 Å². The maximum atomic E-state index is 12.9. The molecule has 0 bridgehead atoms. The minimum absolute atomic E-state index is 0.195. The van der Waals surface area contributed by atoms with Crippen LogP contribution in [0, 0.1) is 5.82 Å². The van der Waals surface area contributed by atoms with Gasteiger partial charge in [-0.25, -0.2) is 4.39 Å². The Morgan fingerprint density at radius 2 is 2.15 bits per heavy atom. The molecule has 2 rings (SSSR count). The molecular weight excluding hydrogens is 185 g/mol. The molecule has 0 aliphatic rings. The topological polar surface area (TPSA) is 4.93 Å². The van der Waals surface area contributed by atoms with E-state index in [4.69, 9.17) is 0 Å². The number of nitrogens with zero attached hydrogens (tertiary/aromatic N) is 1. The van der Waals surface area contributed by atoms with Crippen LogP contribution in [0.1, 0.15) is 5.69 Å². The summed E-state index contributed by atoms with van der Waals surface area (Å²) in [6, 6.07) is 6.84. The third-order valence-electron chi connectivity index (χ3n) is 2.27. The smallest absolute Gasteiger partial charge is 0.125 e. The van der Waals surface area contributed by atoms with Gasteiger partial charge >= 0.3 is 0 Å². The van der Waals surface area contributed by atoms with Gasteiger partial charge < -0.3 is 4.57 Å². The lowest BCUT2D eigenvalue weighted by Gasteiger charge is -1.99. The van der Waals surface area contributed by atoms with Gasteiger partial charge in [-0.3, -0.25) is 0 Å². The van der Waals surface area contributed by atoms with Gasteiger partial charge in [0, 0.05) is 23.9 Å². The van der Waals surface area contributed by atoms with Gasteiger partial charge in [-0.05, 0) is 24.3 Å². The molecule has 13 heavy (non-hydrogen) atoms. The van der Waals surface area contributed by atoms with Crippen molar-refractivity contribution in [3.8, 4) is 0 Å². The van der Waals surface area contributed by atoms with Crippen LogP contribution in [-0.4, -0.2) is 4.57 Å². The number of hydrogen-bond acceptors (Lipinski definition) is 1. The third kappa shape index (κ3) is 1.33. The number of aromatic nitrogens is 1. The zero-order valence-corrected chi connectivity index (χ0v) is 8.18. The monoisotopic (exact) mass is 195 g/mol. The molecule has 3 heteroatoms. The molecule has 0 aliphatic carbocycles. The number of aryl methyl sites for hydroxylation is 1. The number of hydrogen-bond donors (Lipinski definition) is 1. The molecule has 68 valence electrons. The van der Waals surface area contributed by atoms with Gasteiger partial charge in [-0.2, -0.15) is 12.6 Å². The molecule has 0 saturated heterocycles. The van der Waals surface area contributed by atoms with Gasteiger partial charge in [0.05, 0.1) is 5.52 Å². The van der Waals surface area contributed by atoms with Crippen LogP contribution in [-0.2, 0) is 12.8 Å². The molecule has 0 atom stereocenters. The van der Waals surface area contributed by atoms with Gasteiger partial charge in [0.25, 0.3) is 0 Å². The summed E-state index contributed by atoms with van der Waals surface area (Å²) in [5.74, 6) is 0.478. The predicted molar refractivity (Wildman–Crippen MR) is 55.6 cm³/mol. The Bertz CT molecular complexity index is 447. The number of rotatable bonds is 1. The standard InChI is InChI=1S/C10H10FNS/c1-12-9(6-13)4-7-2-3-8(11)5-10(7)12/h2-5,13H,6H2,1H3. The van der Waals surface area contributed by atoms with Crippen LogP contribution in [0.3, 0.4) is 0 Å². The first-order valence-electron chi connectivity index (χ1n) is 4.07. The second-order valence-corrected chi connectivity index (χ2v) is 3.37. The largest absolute Gasteiger partial charge is 0.347 e. The van der Waals surface area contributed by atoms with Crippen molar-refractivity contribution in [2.75, 3.05) is 0 Å². The molecule has 0 saturated carbocycles. The summed E-state index contributed by atoms with van der Waals surface area (Å²) in [7, 11) is 1.92. The average molecular weight is 195 g/mol. The Morgan fingerprint density at radius 3 is 2.85 bits per heavy atom. The predicted octanol–water partition coefficient (Wildman–Crippen LogP) is 2.75. The van der Waals surface area contributed by atoms with E-state index in [1.165, 1.54) is 6.07 Å². The number of thiol groups is 1. The van der Waals surface area contributed by atoms with E-state index in [1.807, 2.05) is 17.7 Å². The molecule has 0 fully saturated rings. The molecular formula is C10H10FNS. The summed E-state index contributed by atoms with van der Waals surface area (Å²) in [6.45, 7) is 0. The maximum Gasteiger partial charge on any atom is 0.125 e. The summed E-state index contributed by atoms with van der Waals surface area (Å²) >= 11 is 4.20. The van der Waals surface area contributed by atoms with E-state index in [9.17, 15) is 4.39 Å². The highest BCUT2D eigenvalue weighted by atomic mass is 32.1. The highest BCUT2D eigenvalue weighted by Crippen LogP contribution is 2.20. The van der Waals surface area contributed by atoms with Crippen molar-refractivity contribution < 1.29 is 4.39 Å². The van der Waals surface area contributed by atoms with E-state index < -0.39 is 0 Å². The fourth-order valence-electron chi connectivity index (χ4n) is 1.51. The van der Waals surface area contributed by atoms with Crippen molar-refractivity contribution in [2.45, 2.75) is 5.75 Å². The van der Waals surface area contributed by atoms with Crippen molar-refractivity contribution in [3.05, 3.63) is 35.8 Å². The van der Waals surface area contributed by atoms with Crippen LogP contribution in [0.15, 0.2) is 24.3 Å². The lowest BCUT2D eigenvalue weighted by atomic mass is 10.2. The van der Waals surface area contributed by atoms with Gasteiger partial charge in [0.15, 0.2) is 0 Å². The number of halogens is 1. The number of benzene rings is 1. The molecule has 0 N–H and O–H groups in total. The van der Waals surface area contributed by atoms with E-state index in [-0.39, 0.29) is 5.82 Å². The van der Waals surface area contributed by atoms with Gasteiger partial charge in [-0.15, -0.1) is 0 Å². The molecule has 0 radical (unpaired) electrons. The third-order valence-corrected chi connectivity index (χ3v) is 2.59. The molecule has 2 aromatic rings. The molecule has 0 aliphatic heterocycles. The van der Waals surface area contributed by atoms with E-state index in [2.05, 4.69) is 12.6 Å². The summed E-state index contributed by atoms with van der Waals surface area (Å²) in [5, 5.41) is 1.06. The second-order valence-electron chi connectivity index (χ2n) is 3.06. The van der Waals surface area contributed by atoms with E-state index in [0.29, 0.717) is 5.75 Å². The lowest BCUT2D eigenvalue weighted by Crippen LogP contribution is -1.92. The molecule has 1 aromatic carbocycles. The normalized spacial score (nSPS) is 11.0. The van der Waals surface area contributed by atoms with Crippen molar-refractivity contribution in [1.82, 2.24) is 4.57 Å². The minimum atomic E-state index is -0.195. The van der Waals surface area contributed by atoms with E-state index in [0.717, 1.165) is 16.6 Å². The fraction of sp³-hybridized carbons (Fsp3) is 0.200. The molecule has 0 amide bonds. The first kappa shape index (κ1) is 8.63. The SMILES string of the molecule is Cn1c(CS)cc2ccc(F)cc21. The maximum absolute atomic E-state index is 12.9. The molecule has 1 nitrogen and oxygen atoms in total. The van der Waals surface area contributed by atoms with Crippen LogP contribution < -0.4 is 0 Å². The minimum Gasteiger partial charge on any atom is -0.347 e. The first-order chi connectivity index (χ1) is 6.22. The molecule has 0 unspecified atom stereocenters. The summed E-state index contributed by atoms with van der Waals surface area (Å²) in [4.78, 5) is 0. The summed E-state index contributed by atoms with van der Waals surface area (Å²) < 4.78 is 14.9. The molecule has 0 spiro atoms. The Hall–Kier alpha value is -0.960. The van der Waals surface area contributed by atoms with Crippen LogP contribution in [0.5, 0.6) is 0 Å². The highest BCUT2D eigenvalue weighted by Gasteiger charge is 2.04. The van der Waals surface area contributed by atoms with E-state index >= 15 is 0 Å². The Labute approximate surface area is 81.6 Å². The van der Waals surface area contributed by atoms with Crippen LogP contribution in [0.2, 0.25) is 0 Å². The molecule has 1 aromatic heterocycles. The molecule has 1 heterocycles. The first-order valence-corrected chi connectivity index (χ1v) is 4.70. The van der Waals surface area contributed by atoms with Crippen LogP contribution in [0.25, 0.3) is 10.9 Å². The fourth-order valence-corrected chi connectivity index (χ4v) is 1.82.